The zero-order valence-corrected chi connectivity index (χ0v) is 13.0. The minimum Gasteiger partial charge on any atom is -0.358 e. The number of nitrogens with zero attached hydrogens (tertiary/aromatic N) is 2. The summed E-state index contributed by atoms with van der Waals surface area (Å²) in [5.74, 6) is -0.237. The number of likely N-dealkylation sites (N-methyl/N-ethyl adjacent to an activating group) is 1. The van der Waals surface area contributed by atoms with Gasteiger partial charge in [-0.15, -0.1) is 0 Å². The van der Waals surface area contributed by atoms with Crippen LogP contribution in [0.2, 0.25) is 5.28 Å². The lowest BCUT2D eigenvalue weighted by atomic mass is 10.0. The molecule has 0 aromatic carbocycles. The van der Waals surface area contributed by atoms with E-state index in [1.807, 2.05) is 13.8 Å². The molecule has 1 amide bonds. The van der Waals surface area contributed by atoms with E-state index in [-0.39, 0.29) is 16.1 Å². The fraction of sp³-hybridized carbons (Fsp3) is 0.545. The summed E-state index contributed by atoms with van der Waals surface area (Å²) in [6.45, 7) is 3.80. The molecule has 0 bridgehead atoms. The van der Waals surface area contributed by atoms with Crippen LogP contribution in [0, 0.1) is 5.92 Å². The van der Waals surface area contributed by atoms with Gasteiger partial charge < -0.3 is 5.32 Å². The highest BCUT2D eigenvalue weighted by atomic mass is 35.5. The van der Waals surface area contributed by atoms with Gasteiger partial charge in [-0.05, 0) is 23.9 Å². The van der Waals surface area contributed by atoms with Crippen molar-refractivity contribution in [2.75, 3.05) is 7.05 Å². The zero-order chi connectivity index (χ0) is 15.3. The molecule has 0 radical (unpaired) electrons. The minimum atomic E-state index is -3.87. The lowest BCUT2D eigenvalue weighted by molar-refractivity contribution is -0.122. The molecule has 1 atom stereocenters. The van der Waals surface area contributed by atoms with E-state index >= 15 is 0 Å². The van der Waals surface area contributed by atoms with Crippen LogP contribution in [0.4, 0.5) is 0 Å². The molecule has 1 aromatic rings. The van der Waals surface area contributed by atoms with Crippen LogP contribution in [0.5, 0.6) is 0 Å². The maximum absolute atomic E-state index is 12.1. The first-order chi connectivity index (χ1) is 9.26. The molecule has 9 heteroatoms. The van der Waals surface area contributed by atoms with E-state index in [1.165, 1.54) is 7.05 Å². The van der Waals surface area contributed by atoms with Crippen molar-refractivity contribution in [3.05, 3.63) is 17.7 Å². The van der Waals surface area contributed by atoms with Crippen LogP contribution in [0.3, 0.4) is 0 Å². The Kier molecular flexibility index (Phi) is 5.85. The first kappa shape index (κ1) is 16.8. The van der Waals surface area contributed by atoms with E-state index in [0.29, 0.717) is 6.42 Å². The summed E-state index contributed by atoms with van der Waals surface area (Å²) >= 11 is 5.51. The summed E-state index contributed by atoms with van der Waals surface area (Å²) in [6, 6.07) is -0.847. The van der Waals surface area contributed by atoms with Gasteiger partial charge in [-0.1, -0.05) is 13.8 Å². The number of hydrogen-bond acceptors (Lipinski definition) is 5. The highest BCUT2D eigenvalue weighted by Crippen LogP contribution is 2.11. The summed E-state index contributed by atoms with van der Waals surface area (Å²) < 4.78 is 26.6. The highest BCUT2D eigenvalue weighted by molar-refractivity contribution is 7.89. The zero-order valence-electron chi connectivity index (χ0n) is 11.4. The van der Waals surface area contributed by atoms with Crippen LogP contribution < -0.4 is 10.0 Å². The Morgan fingerprint density at radius 2 is 1.90 bits per heavy atom. The van der Waals surface area contributed by atoms with Gasteiger partial charge in [0.2, 0.25) is 21.2 Å². The molecule has 0 aliphatic carbocycles. The Hall–Kier alpha value is -1.25. The van der Waals surface area contributed by atoms with Crippen LogP contribution in [0.15, 0.2) is 17.3 Å². The third-order valence-corrected chi connectivity index (χ3v) is 4.10. The van der Waals surface area contributed by atoms with Crippen LogP contribution >= 0.6 is 11.6 Å². The molecule has 112 valence electrons. The predicted molar refractivity (Wildman–Crippen MR) is 74.7 cm³/mol. The van der Waals surface area contributed by atoms with Crippen molar-refractivity contribution in [1.82, 2.24) is 20.0 Å². The van der Waals surface area contributed by atoms with E-state index in [4.69, 9.17) is 11.6 Å². The minimum absolute atomic E-state index is 0.0472. The Bertz CT molecular complexity index is 560. The fourth-order valence-corrected chi connectivity index (χ4v) is 2.74. The van der Waals surface area contributed by atoms with Crippen LogP contribution in [-0.2, 0) is 14.8 Å². The summed E-state index contributed by atoms with van der Waals surface area (Å²) in [7, 11) is -2.42. The number of halogens is 1. The average molecular weight is 321 g/mol. The monoisotopic (exact) mass is 320 g/mol. The molecule has 1 unspecified atom stereocenters. The van der Waals surface area contributed by atoms with Gasteiger partial charge in [0.15, 0.2) is 0 Å². The molecule has 0 fully saturated rings. The first-order valence-corrected chi connectivity index (χ1v) is 7.84. The maximum atomic E-state index is 12.1. The molecule has 0 aliphatic rings. The van der Waals surface area contributed by atoms with E-state index in [1.54, 1.807) is 0 Å². The Labute approximate surface area is 123 Å². The standard InChI is InChI=1S/C11H17ClN4O3S/c1-7(2)4-9(10(17)13-3)16-20(18,19)8-5-14-11(12)15-6-8/h5-7,9,16H,4H2,1-3H3,(H,13,17). The highest BCUT2D eigenvalue weighted by Gasteiger charge is 2.26. The molecule has 0 saturated carbocycles. The molecule has 7 nitrogen and oxygen atoms in total. The van der Waals surface area contributed by atoms with E-state index in [2.05, 4.69) is 20.0 Å². The number of carbonyl (C=O) groups excluding carboxylic acids is 1. The number of amides is 1. The maximum Gasteiger partial charge on any atom is 0.244 e. The summed E-state index contributed by atoms with van der Waals surface area (Å²) in [6.07, 6.45) is 2.56. The number of nitrogens with one attached hydrogen (secondary N) is 2. The Morgan fingerprint density at radius 1 is 1.35 bits per heavy atom. The third kappa shape index (κ3) is 4.69. The lowest BCUT2D eigenvalue weighted by Gasteiger charge is -2.18. The SMILES string of the molecule is CNC(=O)C(CC(C)C)NS(=O)(=O)c1cnc(Cl)nc1. The summed E-state index contributed by atoms with van der Waals surface area (Å²) in [5, 5.41) is 2.39. The van der Waals surface area contributed by atoms with Gasteiger partial charge in [0.25, 0.3) is 0 Å². The smallest absolute Gasteiger partial charge is 0.244 e. The molecule has 0 aliphatic heterocycles. The van der Waals surface area contributed by atoms with Crippen molar-refractivity contribution in [3.8, 4) is 0 Å². The van der Waals surface area contributed by atoms with Crippen LogP contribution in [-0.4, -0.2) is 37.4 Å². The number of rotatable bonds is 6. The van der Waals surface area contributed by atoms with Crippen LogP contribution in [0.25, 0.3) is 0 Å². The van der Waals surface area contributed by atoms with Gasteiger partial charge in [-0.25, -0.2) is 18.4 Å². The molecule has 0 saturated heterocycles. The quantitative estimate of drug-likeness (QED) is 0.746. The topological polar surface area (TPSA) is 101 Å². The third-order valence-electron chi connectivity index (χ3n) is 2.47. The molecular formula is C11H17ClN4O3S. The van der Waals surface area contributed by atoms with Gasteiger partial charge in [-0.2, -0.15) is 4.72 Å². The summed E-state index contributed by atoms with van der Waals surface area (Å²) in [5.41, 5.74) is 0. The van der Waals surface area contributed by atoms with Gasteiger partial charge in [0.05, 0.1) is 12.4 Å². The van der Waals surface area contributed by atoms with Crippen LogP contribution in [0.1, 0.15) is 20.3 Å². The van der Waals surface area contributed by atoms with E-state index < -0.39 is 22.0 Å². The second-order valence-electron chi connectivity index (χ2n) is 4.61. The van der Waals surface area contributed by atoms with Crippen molar-refractivity contribution in [3.63, 3.8) is 0 Å². The van der Waals surface area contributed by atoms with Gasteiger partial charge in [0, 0.05) is 7.05 Å². The molecule has 0 spiro atoms. The normalized spacial score (nSPS) is 13.2. The molecule has 1 rings (SSSR count). The van der Waals surface area contributed by atoms with Crippen molar-refractivity contribution < 1.29 is 13.2 Å². The van der Waals surface area contributed by atoms with Crippen molar-refractivity contribution in [1.29, 1.82) is 0 Å². The summed E-state index contributed by atoms with van der Waals surface area (Å²) in [4.78, 5) is 18.8. The van der Waals surface area contributed by atoms with E-state index in [0.717, 1.165) is 12.4 Å². The predicted octanol–water partition coefficient (Wildman–Crippen LogP) is 0.569. The van der Waals surface area contributed by atoms with Crippen molar-refractivity contribution >= 4 is 27.5 Å². The lowest BCUT2D eigenvalue weighted by Crippen LogP contribution is -2.46. The Morgan fingerprint density at radius 3 is 2.35 bits per heavy atom. The van der Waals surface area contributed by atoms with E-state index in [9.17, 15) is 13.2 Å². The second kappa shape index (κ2) is 6.96. The second-order valence-corrected chi connectivity index (χ2v) is 6.66. The van der Waals surface area contributed by atoms with Gasteiger partial charge in [0.1, 0.15) is 10.9 Å². The largest absolute Gasteiger partial charge is 0.358 e. The van der Waals surface area contributed by atoms with Crippen molar-refractivity contribution in [2.45, 2.75) is 31.2 Å². The van der Waals surface area contributed by atoms with Crippen molar-refractivity contribution in [2.24, 2.45) is 5.92 Å². The number of carbonyl (C=O) groups is 1. The molecule has 2 N–H and O–H groups in total. The Balaban J connectivity index is 2.96. The molecule has 1 aromatic heterocycles. The molecule has 20 heavy (non-hydrogen) atoms. The fourth-order valence-electron chi connectivity index (χ4n) is 1.55. The number of sulfonamides is 1. The molecular weight excluding hydrogens is 304 g/mol. The van der Waals surface area contributed by atoms with Gasteiger partial charge >= 0.3 is 0 Å². The number of hydrogen-bond donors (Lipinski definition) is 2. The average Bonchev–Trinajstić information content (AvgIpc) is 2.36. The molecule has 1 heterocycles. The van der Waals surface area contributed by atoms with Gasteiger partial charge in [-0.3, -0.25) is 4.79 Å². The first-order valence-electron chi connectivity index (χ1n) is 5.97. The number of aromatic nitrogens is 2.